The van der Waals surface area contributed by atoms with E-state index in [1.54, 1.807) is 22.7 Å². The molecule has 0 amide bonds. The summed E-state index contributed by atoms with van der Waals surface area (Å²) in [5.74, 6) is 5.59. The van der Waals surface area contributed by atoms with Crippen molar-refractivity contribution >= 4 is 22.7 Å². The molecule has 2 aromatic rings. The van der Waals surface area contributed by atoms with Crippen LogP contribution in [0.5, 0.6) is 0 Å². The largest absolute Gasteiger partial charge is 0.384 e. The van der Waals surface area contributed by atoms with Gasteiger partial charge in [0.05, 0.1) is 13.2 Å². The Morgan fingerprint density at radius 2 is 2.17 bits per heavy atom. The molecule has 2 aromatic heterocycles. The summed E-state index contributed by atoms with van der Waals surface area (Å²) in [6, 6.07) is 6.14. The second-order valence-electron chi connectivity index (χ2n) is 3.60. The molecular weight excluding hydrogens is 264 g/mol. The minimum Gasteiger partial charge on any atom is -0.384 e. The first-order valence-electron chi connectivity index (χ1n) is 5.66. The lowest BCUT2D eigenvalue weighted by Gasteiger charge is -2.02. The van der Waals surface area contributed by atoms with E-state index in [9.17, 15) is 0 Å². The molecule has 2 rings (SSSR count). The van der Waals surface area contributed by atoms with Gasteiger partial charge < -0.3 is 9.84 Å². The highest BCUT2D eigenvalue weighted by molar-refractivity contribution is 7.10. The van der Waals surface area contributed by atoms with Gasteiger partial charge in [-0.25, -0.2) is 0 Å². The van der Waals surface area contributed by atoms with Crippen molar-refractivity contribution in [3.8, 4) is 11.8 Å². The average Bonchev–Trinajstić information content (AvgIpc) is 3.03. The lowest BCUT2D eigenvalue weighted by atomic mass is 10.2. The van der Waals surface area contributed by atoms with E-state index in [0.717, 1.165) is 23.5 Å². The fraction of sp³-hybridized carbons (Fsp3) is 0.286. The summed E-state index contributed by atoms with van der Waals surface area (Å²) in [5.41, 5.74) is 0.963. The number of rotatable bonds is 5. The molecule has 2 nitrogen and oxygen atoms in total. The highest BCUT2D eigenvalue weighted by atomic mass is 32.1. The van der Waals surface area contributed by atoms with Gasteiger partial charge in [0.15, 0.2) is 0 Å². The van der Waals surface area contributed by atoms with Crippen LogP contribution >= 0.6 is 22.7 Å². The fourth-order valence-electron chi connectivity index (χ4n) is 1.49. The summed E-state index contributed by atoms with van der Waals surface area (Å²) >= 11 is 3.40. The number of aliphatic hydroxyl groups excluding tert-OH is 1. The molecule has 0 atom stereocenters. The number of aliphatic hydroxyl groups is 1. The Morgan fingerprint density at radius 1 is 1.22 bits per heavy atom. The first kappa shape index (κ1) is 13.3. The van der Waals surface area contributed by atoms with Gasteiger partial charge in [0.2, 0.25) is 0 Å². The van der Waals surface area contributed by atoms with E-state index in [1.807, 2.05) is 11.4 Å². The molecule has 1 N–H and O–H groups in total. The van der Waals surface area contributed by atoms with Gasteiger partial charge in [-0.05, 0) is 22.9 Å². The summed E-state index contributed by atoms with van der Waals surface area (Å²) in [6.45, 7) is 1.22. The van der Waals surface area contributed by atoms with Crippen molar-refractivity contribution in [3.63, 3.8) is 0 Å². The van der Waals surface area contributed by atoms with Crippen LogP contribution in [-0.2, 0) is 17.8 Å². The Hall–Kier alpha value is -1.12. The van der Waals surface area contributed by atoms with E-state index in [4.69, 9.17) is 9.84 Å². The van der Waals surface area contributed by atoms with E-state index in [2.05, 4.69) is 29.4 Å². The van der Waals surface area contributed by atoms with E-state index in [1.165, 1.54) is 4.88 Å². The van der Waals surface area contributed by atoms with Crippen molar-refractivity contribution in [2.75, 3.05) is 13.2 Å². The molecule has 2 heterocycles. The van der Waals surface area contributed by atoms with Gasteiger partial charge in [-0.1, -0.05) is 17.9 Å². The normalized spacial score (nSPS) is 10.1. The summed E-state index contributed by atoms with van der Waals surface area (Å²) < 4.78 is 5.66. The van der Waals surface area contributed by atoms with Crippen LogP contribution in [0, 0.1) is 11.8 Å². The van der Waals surface area contributed by atoms with Crippen LogP contribution in [-0.4, -0.2) is 18.3 Å². The van der Waals surface area contributed by atoms with Gasteiger partial charge in [0.25, 0.3) is 0 Å². The molecule has 0 aliphatic rings. The topological polar surface area (TPSA) is 29.5 Å². The van der Waals surface area contributed by atoms with Crippen molar-refractivity contribution in [2.24, 2.45) is 0 Å². The molecular formula is C14H14O2S2. The van der Waals surface area contributed by atoms with Crippen LogP contribution in [0.25, 0.3) is 0 Å². The van der Waals surface area contributed by atoms with Crippen LogP contribution in [0.4, 0.5) is 0 Å². The maximum atomic E-state index is 8.68. The summed E-state index contributed by atoms with van der Waals surface area (Å²) in [5, 5.41) is 12.8. The van der Waals surface area contributed by atoms with Gasteiger partial charge in [-0.2, -0.15) is 0 Å². The smallest absolute Gasteiger partial charge is 0.104 e. The third-order valence-electron chi connectivity index (χ3n) is 2.35. The summed E-state index contributed by atoms with van der Waals surface area (Å²) in [7, 11) is 0. The Balaban J connectivity index is 1.78. The molecule has 0 aliphatic heterocycles. The Labute approximate surface area is 115 Å². The second kappa shape index (κ2) is 7.34. The zero-order valence-electron chi connectivity index (χ0n) is 9.89. The molecule has 0 aromatic carbocycles. The van der Waals surface area contributed by atoms with Crippen LogP contribution in [0.2, 0.25) is 0 Å². The number of ether oxygens (including phenoxy) is 1. The molecule has 0 radical (unpaired) electrons. The third-order valence-corrected chi connectivity index (χ3v) is 4.18. The lowest BCUT2D eigenvalue weighted by Crippen LogP contribution is -1.97. The SMILES string of the molecule is OCC#Cc1ccsc1COCCc1cccs1. The van der Waals surface area contributed by atoms with Crippen LogP contribution < -0.4 is 0 Å². The van der Waals surface area contributed by atoms with Gasteiger partial charge in [0, 0.05) is 21.7 Å². The van der Waals surface area contributed by atoms with Gasteiger partial charge in [0.1, 0.15) is 6.61 Å². The molecule has 18 heavy (non-hydrogen) atoms. The zero-order valence-corrected chi connectivity index (χ0v) is 11.5. The average molecular weight is 278 g/mol. The van der Waals surface area contributed by atoms with Crippen molar-refractivity contribution in [2.45, 2.75) is 13.0 Å². The second-order valence-corrected chi connectivity index (χ2v) is 5.63. The van der Waals surface area contributed by atoms with Crippen molar-refractivity contribution in [1.29, 1.82) is 0 Å². The molecule has 0 saturated carbocycles. The Bertz CT molecular complexity index is 517. The van der Waals surface area contributed by atoms with Gasteiger partial charge in [-0.3, -0.25) is 0 Å². The summed E-state index contributed by atoms with van der Waals surface area (Å²) in [6.07, 6.45) is 0.959. The molecule has 0 aliphatic carbocycles. The molecule has 0 fully saturated rings. The van der Waals surface area contributed by atoms with Crippen LogP contribution in [0.1, 0.15) is 15.3 Å². The standard InChI is InChI=1S/C14H14O2S2/c15-7-1-3-12-6-10-18-14(12)11-16-8-5-13-4-2-9-17-13/h2,4,6,9-10,15H,5,7-8,11H2. The van der Waals surface area contributed by atoms with E-state index < -0.39 is 0 Å². The molecule has 4 heteroatoms. The van der Waals surface area contributed by atoms with Crippen LogP contribution in [0.15, 0.2) is 29.0 Å². The van der Waals surface area contributed by atoms with E-state index >= 15 is 0 Å². The first-order chi connectivity index (χ1) is 8.90. The zero-order chi connectivity index (χ0) is 12.6. The molecule has 0 unspecified atom stereocenters. The number of thiophene rings is 2. The maximum Gasteiger partial charge on any atom is 0.104 e. The quantitative estimate of drug-likeness (QED) is 0.673. The van der Waals surface area contributed by atoms with Gasteiger partial charge >= 0.3 is 0 Å². The highest BCUT2D eigenvalue weighted by Crippen LogP contribution is 2.17. The lowest BCUT2D eigenvalue weighted by molar-refractivity contribution is 0.126. The molecule has 0 saturated heterocycles. The monoisotopic (exact) mass is 278 g/mol. The fourth-order valence-corrected chi connectivity index (χ4v) is 2.95. The molecule has 0 spiro atoms. The van der Waals surface area contributed by atoms with Crippen molar-refractivity contribution < 1.29 is 9.84 Å². The van der Waals surface area contributed by atoms with E-state index in [-0.39, 0.29) is 6.61 Å². The molecule has 94 valence electrons. The van der Waals surface area contributed by atoms with E-state index in [0.29, 0.717) is 6.61 Å². The minimum atomic E-state index is -0.103. The first-order valence-corrected chi connectivity index (χ1v) is 7.42. The van der Waals surface area contributed by atoms with Gasteiger partial charge in [-0.15, -0.1) is 22.7 Å². The Kier molecular flexibility index (Phi) is 5.43. The highest BCUT2D eigenvalue weighted by Gasteiger charge is 2.02. The predicted molar refractivity (Wildman–Crippen MR) is 76.0 cm³/mol. The number of hydrogen-bond acceptors (Lipinski definition) is 4. The van der Waals surface area contributed by atoms with Crippen molar-refractivity contribution in [1.82, 2.24) is 0 Å². The van der Waals surface area contributed by atoms with Crippen molar-refractivity contribution in [3.05, 3.63) is 44.3 Å². The third kappa shape index (κ3) is 3.97. The van der Waals surface area contributed by atoms with Crippen LogP contribution in [0.3, 0.4) is 0 Å². The number of hydrogen-bond donors (Lipinski definition) is 1. The minimum absolute atomic E-state index is 0.103. The predicted octanol–water partition coefficient (Wildman–Crippen LogP) is 2.91. The summed E-state index contributed by atoms with van der Waals surface area (Å²) in [4.78, 5) is 2.48. The maximum absolute atomic E-state index is 8.68. The molecule has 0 bridgehead atoms. The Morgan fingerprint density at radius 3 is 2.94 bits per heavy atom.